The molecule has 37 heavy (non-hydrogen) atoms. The maximum absolute atomic E-state index is 13.8. The number of aromatic nitrogens is 3. The zero-order chi connectivity index (χ0) is 26.3. The van der Waals surface area contributed by atoms with Gasteiger partial charge in [0.1, 0.15) is 11.4 Å². The number of carbonyl (C=O) groups excluding carboxylic acids is 1. The van der Waals surface area contributed by atoms with Gasteiger partial charge in [-0.3, -0.25) is 4.79 Å². The summed E-state index contributed by atoms with van der Waals surface area (Å²) in [4.78, 5) is 17.4. The molecule has 0 saturated carbocycles. The van der Waals surface area contributed by atoms with Gasteiger partial charge in [0, 0.05) is 45.1 Å². The Morgan fingerprint density at radius 3 is 2.32 bits per heavy atom. The average molecular weight is 508 g/mol. The van der Waals surface area contributed by atoms with Gasteiger partial charge in [0.15, 0.2) is 0 Å². The lowest BCUT2D eigenvalue weighted by molar-refractivity contribution is -0.137. The summed E-state index contributed by atoms with van der Waals surface area (Å²) in [6, 6.07) is 17.1. The molecule has 2 aromatic heterocycles. The van der Waals surface area contributed by atoms with Gasteiger partial charge >= 0.3 is 6.18 Å². The second-order valence-corrected chi connectivity index (χ2v) is 9.45. The third-order valence-corrected chi connectivity index (χ3v) is 6.82. The molecule has 3 heterocycles. The van der Waals surface area contributed by atoms with Crippen molar-refractivity contribution in [2.75, 3.05) is 31.1 Å². The van der Waals surface area contributed by atoms with Gasteiger partial charge in [0.05, 0.1) is 16.9 Å². The van der Waals surface area contributed by atoms with Gasteiger partial charge in [-0.15, -0.1) is 0 Å². The van der Waals surface area contributed by atoms with Crippen LogP contribution in [-0.2, 0) is 13.2 Å². The quantitative estimate of drug-likeness (QED) is 0.368. The summed E-state index contributed by atoms with van der Waals surface area (Å²) < 4.78 is 43.2. The molecule has 5 rings (SSSR count). The normalized spacial score (nSPS) is 14.3. The summed E-state index contributed by atoms with van der Waals surface area (Å²) in [5.41, 5.74) is 4.83. The zero-order valence-electron chi connectivity index (χ0n) is 21.0. The number of rotatable bonds is 4. The van der Waals surface area contributed by atoms with E-state index in [1.165, 1.54) is 12.1 Å². The van der Waals surface area contributed by atoms with Crippen molar-refractivity contribution in [1.82, 2.24) is 19.2 Å². The van der Waals surface area contributed by atoms with Crippen molar-refractivity contribution in [3.63, 3.8) is 0 Å². The first-order valence-corrected chi connectivity index (χ1v) is 12.1. The monoisotopic (exact) mass is 507 g/mol. The highest BCUT2D eigenvalue weighted by Gasteiger charge is 2.32. The Bertz CT molecular complexity index is 1440. The van der Waals surface area contributed by atoms with Gasteiger partial charge in [-0.1, -0.05) is 23.8 Å². The molecular formula is C28H28F3N5O. The van der Waals surface area contributed by atoms with Crippen molar-refractivity contribution in [3.05, 3.63) is 89.2 Å². The SMILES string of the molecule is Cc1ccc(-n2nc(-c3cccn3C)cc2C(=O)N2CCN(c3cccc(C(F)(F)F)c3)CC2)c(C)c1. The predicted octanol–water partition coefficient (Wildman–Crippen LogP) is 5.48. The van der Waals surface area contributed by atoms with Gasteiger partial charge in [-0.05, 0) is 61.9 Å². The Labute approximate surface area is 213 Å². The molecule has 0 N–H and O–H groups in total. The van der Waals surface area contributed by atoms with Crippen LogP contribution in [0.4, 0.5) is 18.9 Å². The number of carbonyl (C=O) groups is 1. The Morgan fingerprint density at radius 1 is 0.919 bits per heavy atom. The smallest absolute Gasteiger partial charge is 0.368 e. The molecule has 6 nitrogen and oxygen atoms in total. The van der Waals surface area contributed by atoms with E-state index in [1.54, 1.807) is 15.6 Å². The maximum Gasteiger partial charge on any atom is 0.416 e. The molecule has 0 aliphatic carbocycles. The first kappa shape index (κ1) is 24.7. The number of benzene rings is 2. The van der Waals surface area contributed by atoms with E-state index in [2.05, 4.69) is 6.07 Å². The lowest BCUT2D eigenvalue weighted by atomic mass is 10.1. The molecule has 4 aromatic rings. The van der Waals surface area contributed by atoms with Crippen LogP contribution in [0, 0.1) is 13.8 Å². The Morgan fingerprint density at radius 2 is 1.68 bits per heavy atom. The van der Waals surface area contributed by atoms with E-state index < -0.39 is 11.7 Å². The molecule has 0 radical (unpaired) electrons. The van der Waals surface area contributed by atoms with Crippen LogP contribution in [0.5, 0.6) is 0 Å². The van der Waals surface area contributed by atoms with Crippen LogP contribution in [0.15, 0.2) is 66.9 Å². The molecule has 9 heteroatoms. The minimum absolute atomic E-state index is 0.156. The second-order valence-electron chi connectivity index (χ2n) is 9.45. The van der Waals surface area contributed by atoms with E-state index in [0.29, 0.717) is 43.3 Å². The first-order valence-electron chi connectivity index (χ1n) is 12.1. The summed E-state index contributed by atoms with van der Waals surface area (Å²) in [5, 5.41) is 4.82. The minimum Gasteiger partial charge on any atom is -0.368 e. The van der Waals surface area contributed by atoms with Crippen LogP contribution in [0.3, 0.4) is 0 Å². The summed E-state index contributed by atoms with van der Waals surface area (Å²) in [5.74, 6) is -0.156. The largest absolute Gasteiger partial charge is 0.416 e. The van der Waals surface area contributed by atoms with Gasteiger partial charge in [0.25, 0.3) is 5.91 Å². The molecule has 0 unspecified atom stereocenters. The van der Waals surface area contributed by atoms with E-state index >= 15 is 0 Å². The molecule has 192 valence electrons. The van der Waals surface area contributed by atoms with Crippen LogP contribution >= 0.6 is 0 Å². The number of halogens is 3. The third kappa shape index (κ3) is 4.85. The number of aryl methyl sites for hydroxylation is 3. The van der Waals surface area contributed by atoms with Crippen LogP contribution in [0.25, 0.3) is 17.1 Å². The van der Waals surface area contributed by atoms with Crippen molar-refractivity contribution in [2.45, 2.75) is 20.0 Å². The highest BCUT2D eigenvalue weighted by Crippen LogP contribution is 2.32. The molecule has 1 aliphatic heterocycles. The Balaban J connectivity index is 1.42. The topological polar surface area (TPSA) is 46.3 Å². The number of hydrogen-bond acceptors (Lipinski definition) is 3. The number of alkyl halides is 3. The van der Waals surface area contributed by atoms with E-state index in [4.69, 9.17) is 5.10 Å². The van der Waals surface area contributed by atoms with Crippen molar-refractivity contribution in [3.8, 4) is 17.1 Å². The predicted molar refractivity (Wildman–Crippen MR) is 137 cm³/mol. The van der Waals surface area contributed by atoms with Crippen LogP contribution in [0.2, 0.25) is 0 Å². The van der Waals surface area contributed by atoms with Gasteiger partial charge < -0.3 is 14.4 Å². The van der Waals surface area contributed by atoms with E-state index in [9.17, 15) is 18.0 Å². The molecule has 0 bridgehead atoms. The number of hydrogen-bond donors (Lipinski definition) is 0. The van der Waals surface area contributed by atoms with Crippen molar-refractivity contribution in [1.29, 1.82) is 0 Å². The fraction of sp³-hybridized carbons (Fsp3) is 0.286. The Hall–Kier alpha value is -4.01. The van der Waals surface area contributed by atoms with Crippen molar-refractivity contribution >= 4 is 11.6 Å². The van der Waals surface area contributed by atoms with Gasteiger partial charge in [-0.2, -0.15) is 18.3 Å². The molecule has 0 spiro atoms. The molecule has 1 aliphatic rings. The van der Waals surface area contributed by atoms with Crippen molar-refractivity contribution < 1.29 is 18.0 Å². The summed E-state index contributed by atoms with van der Waals surface area (Å²) in [6.45, 7) is 5.68. The van der Waals surface area contributed by atoms with Crippen LogP contribution in [0.1, 0.15) is 27.2 Å². The third-order valence-electron chi connectivity index (χ3n) is 6.82. The van der Waals surface area contributed by atoms with Gasteiger partial charge in [-0.25, -0.2) is 4.68 Å². The molecule has 1 fully saturated rings. The number of piperazine rings is 1. The summed E-state index contributed by atoms with van der Waals surface area (Å²) in [6.07, 6.45) is -2.46. The van der Waals surface area contributed by atoms with Gasteiger partial charge in [0.2, 0.25) is 0 Å². The standard InChI is InChI=1S/C28H28F3N5O/c1-19-9-10-24(20(2)16-19)36-26(18-23(32-36)25-8-5-11-33(25)3)27(37)35-14-12-34(13-15-35)22-7-4-6-21(17-22)28(29,30)31/h4-11,16-18H,12-15H2,1-3H3. The molecular weight excluding hydrogens is 479 g/mol. The molecule has 2 aromatic carbocycles. The number of amides is 1. The highest BCUT2D eigenvalue weighted by molar-refractivity contribution is 5.94. The zero-order valence-corrected chi connectivity index (χ0v) is 21.0. The van der Waals surface area contributed by atoms with E-state index in [1.807, 2.05) is 66.9 Å². The van der Waals surface area contributed by atoms with E-state index in [0.717, 1.165) is 28.6 Å². The average Bonchev–Trinajstić information content (AvgIpc) is 3.49. The minimum atomic E-state index is -4.39. The summed E-state index contributed by atoms with van der Waals surface area (Å²) in [7, 11) is 1.93. The van der Waals surface area contributed by atoms with E-state index in [-0.39, 0.29) is 5.91 Å². The highest BCUT2D eigenvalue weighted by atomic mass is 19.4. The first-order chi connectivity index (χ1) is 17.6. The fourth-order valence-electron chi connectivity index (χ4n) is 4.82. The molecule has 0 atom stereocenters. The van der Waals surface area contributed by atoms with Crippen molar-refractivity contribution in [2.24, 2.45) is 7.05 Å². The molecule has 1 saturated heterocycles. The lowest BCUT2D eigenvalue weighted by Gasteiger charge is -2.36. The number of anilines is 1. The lowest BCUT2D eigenvalue weighted by Crippen LogP contribution is -2.49. The summed E-state index contributed by atoms with van der Waals surface area (Å²) >= 11 is 0. The fourth-order valence-corrected chi connectivity index (χ4v) is 4.82. The van der Waals surface area contributed by atoms with Crippen LogP contribution in [-0.4, -0.2) is 51.3 Å². The Kier molecular flexibility index (Phi) is 6.31. The maximum atomic E-state index is 13.8. The molecule has 1 amide bonds. The van der Waals surface area contributed by atoms with Crippen LogP contribution < -0.4 is 4.90 Å². The second kappa shape index (κ2) is 9.46. The number of nitrogens with zero attached hydrogens (tertiary/aromatic N) is 5.